The van der Waals surface area contributed by atoms with Crippen LogP contribution in [0.2, 0.25) is 0 Å². The molecule has 2 amide bonds. The highest BCUT2D eigenvalue weighted by Crippen LogP contribution is 2.34. The lowest BCUT2D eigenvalue weighted by Crippen LogP contribution is -2.38. The summed E-state index contributed by atoms with van der Waals surface area (Å²) < 4.78 is 16.3. The Kier molecular flexibility index (Phi) is 7.97. The fourth-order valence-corrected chi connectivity index (χ4v) is 5.25. The number of aliphatic imine (C=N–C) groups is 1. The maximum atomic E-state index is 13.3. The van der Waals surface area contributed by atoms with E-state index in [1.807, 2.05) is 25.1 Å². The first-order valence-corrected chi connectivity index (χ1v) is 12.5. The van der Waals surface area contributed by atoms with Crippen LogP contribution in [0, 0.1) is 13.8 Å². The monoisotopic (exact) mass is 497 g/mol. The molecular weight excluding hydrogens is 466 g/mol. The Morgan fingerprint density at radius 1 is 1.14 bits per heavy atom. The summed E-state index contributed by atoms with van der Waals surface area (Å²) in [7, 11) is 3.09. The van der Waals surface area contributed by atoms with Crippen molar-refractivity contribution in [1.29, 1.82) is 0 Å². The first kappa shape index (κ1) is 25.1. The Morgan fingerprint density at radius 3 is 2.63 bits per heavy atom. The van der Waals surface area contributed by atoms with Crippen molar-refractivity contribution >= 4 is 40.1 Å². The van der Waals surface area contributed by atoms with Crippen molar-refractivity contribution in [2.24, 2.45) is 4.99 Å². The summed E-state index contributed by atoms with van der Waals surface area (Å²) >= 11 is 1.33. The van der Waals surface area contributed by atoms with E-state index in [0.717, 1.165) is 24.1 Å². The SMILES string of the molecule is COc1ccc(NC(=O)CC2SC(=Nc3ccc(C)c(C)c3)N(CC3CCCO3)C2=O)cc1OC. The van der Waals surface area contributed by atoms with E-state index in [2.05, 4.69) is 12.2 Å². The molecule has 8 nitrogen and oxygen atoms in total. The zero-order valence-corrected chi connectivity index (χ0v) is 21.3. The third-order valence-electron chi connectivity index (χ3n) is 6.18. The van der Waals surface area contributed by atoms with Crippen LogP contribution >= 0.6 is 11.8 Å². The molecule has 0 spiro atoms. The van der Waals surface area contributed by atoms with E-state index >= 15 is 0 Å². The number of carbonyl (C=O) groups excluding carboxylic acids is 2. The van der Waals surface area contributed by atoms with Crippen molar-refractivity contribution in [3.05, 3.63) is 47.5 Å². The molecule has 0 saturated carbocycles. The third-order valence-corrected chi connectivity index (χ3v) is 7.36. The van der Waals surface area contributed by atoms with E-state index < -0.39 is 5.25 Å². The molecule has 0 bridgehead atoms. The fraction of sp³-hybridized carbons (Fsp3) is 0.423. The van der Waals surface area contributed by atoms with Crippen molar-refractivity contribution in [2.45, 2.75) is 44.5 Å². The standard InChI is InChI=1S/C26H31N3O5S/c1-16-7-8-18(12-17(16)2)28-26-29(15-20-6-5-11-34-20)25(31)23(35-26)14-24(30)27-19-9-10-21(32-3)22(13-19)33-4/h7-10,12-13,20,23H,5-6,11,14-15H2,1-4H3,(H,27,30). The molecule has 35 heavy (non-hydrogen) atoms. The van der Waals surface area contributed by atoms with E-state index in [1.54, 1.807) is 30.2 Å². The number of hydrogen-bond donors (Lipinski definition) is 1. The van der Waals surface area contributed by atoms with Crippen molar-refractivity contribution in [3.8, 4) is 11.5 Å². The lowest BCUT2D eigenvalue weighted by atomic mass is 10.1. The molecule has 2 atom stereocenters. The summed E-state index contributed by atoms with van der Waals surface area (Å²) in [6.45, 7) is 5.25. The predicted molar refractivity (Wildman–Crippen MR) is 138 cm³/mol. The third kappa shape index (κ3) is 5.97. The normalized spacial score (nSPS) is 21.0. The molecule has 2 unspecified atom stereocenters. The van der Waals surface area contributed by atoms with Gasteiger partial charge >= 0.3 is 0 Å². The summed E-state index contributed by atoms with van der Waals surface area (Å²) in [5, 5.41) is 2.91. The summed E-state index contributed by atoms with van der Waals surface area (Å²) in [5.74, 6) is 0.717. The zero-order valence-electron chi connectivity index (χ0n) is 20.5. The molecule has 0 radical (unpaired) electrons. The minimum Gasteiger partial charge on any atom is -0.493 e. The Labute approximate surface area is 210 Å². The van der Waals surface area contributed by atoms with Crippen LogP contribution in [0.1, 0.15) is 30.4 Å². The topological polar surface area (TPSA) is 89.5 Å². The van der Waals surface area contributed by atoms with Gasteiger partial charge in [0.15, 0.2) is 16.7 Å². The van der Waals surface area contributed by atoms with Crippen LogP contribution < -0.4 is 14.8 Å². The van der Waals surface area contributed by atoms with Gasteiger partial charge in [-0.15, -0.1) is 0 Å². The highest BCUT2D eigenvalue weighted by molar-refractivity contribution is 8.15. The number of rotatable bonds is 8. The molecular formula is C26H31N3O5S. The number of nitrogens with zero attached hydrogens (tertiary/aromatic N) is 2. The molecule has 2 heterocycles. The van der Waals surface area contributed by atoms with Gasteiger partial charge < -0.3 is 19.5 Å². The van der Waals surface area contributed by atoms with E-state index in [9.17, 15) is 9.59 Å². The maximum absolute atomic E-state index is 13.3. The van der Waals surface area contributed by atoms with Gasteiger partial charge in [-0.1, -0.05) is 17.8 Å². The van der Waals surface area contributed by atoms with E-state index in [4.69, 9.17) is 19.2 Å². The molecule has 2 aliphatic heterocycles. The van der Waals surface area contributed by atoms with Crippen molar-refractivity contribution in [1.82, 2.24) is 4.90 Å². The molecule has 2 aliphatic rings. The van der Waals surface area contributed by atoms with Gasteiger partial charge in [0.2, 0.25) is 11.8 Å². The van der Waals surface area contributed by atoms with Gasteiger partial charge in [-0.05, 0) is 62.1 Å². The number of ether oxygens (including phenoxy) is 3. The first-order valence-electron chi connectivity index (χ1n) is 11.7. The second-order valence-corrected chi connectivity index (χ2v) is 9.85. The highest BCUT2D eigenvalue weighted by Gasteiger charge is 2.40. The Bertz CT molecular complexity index is 1130. The number of carbonyl (C=O) groups is 2. The number of benzene rings is 2. The lowest BCUT2D eigenvalue weighted by Gasteiger charge is -2.20. The number of thioether (sulfide) groups is 1. The summed E-state index contributed by atoms with van der Waals surface area (Å²) in [6.07, 6.45) is 1.92. The Hall–Kier alpha value is -3.04. The number of amides is 2. The van der Waals surface area contributed by atoms with E-state index in [0.29, 0.717) is 35.5 Å². The minimum atomic E-state index is -0.554. The second-order valence-electron chi connectivity index (χ2n) is 8.68. The number of methoxy groups -OCH3 is 2. The molecule has 2 fully saturated rings. The predicted octanol–water partition coefficient (Wildman–Crippen LogP) is 4.46. The van der Waals surface area contributed by atoms with Gasteiger partial charge in [0.25, 0.3) is 0 Å². The number of aryl methyl sites for hydroxylation is 2. The number of nitrogens with one attached hydrogen (secondary N) is 1. The van der Waals surface area contributed by atoms with Crippen LogP contribution in [0.3, 0.4) is 0 Å². The summed E-state index contributed by atoms with van der Waals surface area (Å²) in [4.78, 5) is 32.6. The largest absolute Gasteiger partial charge is 0.493 e. The van der Waals surface area contributed by atoms with Crippen LogP contribution in [0.15, 0.2) is 41.4 Å². The van der Waals surface area contributed by atoms with Gasteiger partial charge in [0, 0.05) is 24.8 Å². The smallest absolute Gasteiger partial charge is 0.242 e. The lowest BCUT2D eigenvalue weighted by molar-refractivity contribution is -0.129. The average molecular weight is 498 g/mol. The van der Waals surface area contributed by atoms with Gasteiger partial charge in [-0.2, -0.15) is 0 Å². The Balaban J connectivity index is 1.50. The molecule has 2 aromatic carbocycles. The molecule has 0 aliphatic carbocycles. The maximum Gasteiger partial charge on any atom is 0.242 e. The van der Waals surface area contributed by atoms with Crippen molar-refractivity contribution in [2.75, 3.05) is 32.7 Å². The van der Waals surface area contributed by atoms with Crippen LogP contribution in [0.5, 0.6) is 11.5 Å². The minimum absolute atomic E-state index is 0.0103. The number of anilines is 1. The molecule has 2 saturated heterocycles. The van der Waals surface area contributed by atoms with Gasteiger partial charge in [0.1, 0.15) is 5.25 Å². The van der Waals surface area contributed by atoms with Gasteiger partial charge in [-0.3, -0.25) is 14.5 Å². The Morgan fingerprint density at radius 2 is 1.94 bits per heavy atom. The molecule has 186 valence electrons. The van der Waals surface area contributed by atoms with Crippen LogP contribution in [0.4, 0.5) is 11.4 Å². The zero-order chi connectivity index (χ0) is 24.9. The summed E-state index contributed by atoms with van der Waals surface area (Å²) in [6, 6.07) is 11.1. The molecule has 4 rings (SSSR count). The molecule has 2 aromatic rings. The highest BCUT2D eigenvalue weighted by atomic mass is 32.2. The van der Waals surface area contributed by atoms with Gasteiger partial charge in [0.05, 0.1) is 32.6 Å². The number of amidine groups is 1. The summed E-state index contributed by atoms with van der Waals surface area (Å²) in [5.41, 5.74) is 3.68. The second kappa shape index (κ2) is 11.1. The molecule has 0 aromatic heterocycles. The van der Waals surface area contributed by atoms with Crippen molar-refractivity contribution in [3.63, 3.8) is 0 Å². The quantitative estimate of drug-likeness (QED) is 0.579. The number of hydrogen-bond acceptors (Lipinski definition) is 7. The van der Waals surface area contributed by atoms with Crippen LogP contribution in [0.25, 0.3) is 0 Å². The van der Waals surface area contributed by atoms with Crippen LogP contribution in [-0.2, 0) is 14.3 Å². The van der Waals surface area contributed by atoms with Crippen LogP contribution in [-0.4, -0.2) is 60.6 Å². The molecule has 1 N–H and O–H groups in total. The van der Waals surface area contributed by atoms with Crippen molar-refractivity contribution < 1.29 is 23.8 Å². The van der Waals surface area contributed by atoms with Gasteiger partial charge in [-0.25, -0.2) is 4.99 Å². The van der Waals surface area contributed by atoms with E-state index in [1.165, 1.54) is 24.4 Å². The van der Waals surface area contributed by atoms with E-state index in [-0.39, 0.29) is 24.3 Å². The average Bonchev–Trinajstić information content (AvgIpc) is 3.45. The fourth-order valence-electron chi connectivity index (χ4n) is 4.09. The first-order chi connectivity index (χ1) is 16.9. The molecule has 9 heteroatoms.